The number of carboxylic acid groups (broad SMARTS) is 1. The molecule has 1 aromatic carbocycles. The van der Waals surface area contributed by atoms with Crippen molar-refractivity contribution in [2.45, 2.75) is 32.4 Å². The Morgan fingerprint density at radius 1 is 1.42 bits per heavy atom. The van der Waals surface area contributed by atoms with Crippen LogP contribution in [0.1, 0.15) is 25.3 Å². The van der Waals surface area contributed by atoms with Crippen molar-refractivity contribution in [1.29, 1.82) is 0 Å². The van der Waals surface area contributed by atoms with Crippen LogP contribution in [0.15, 0.2) is 24.3 Å². The lowest BCUT2D eigenvalue weighted by Gasteiger charge is -2.36. The van der Waals surface area contributed by atoms with Crippen LogP contribution in [-0.4, -0.2) is 35.7 Å². The summed E-state index contributed by atoms with van der Waals surface area (Å²) in [6, 6.07) is 7.46. The smallest absolute Gasteiger partial charge is 0.320 e. The predicted octanol–water partition coefficient (Wildman–Crippen LogP) is 2.38. The highest BCUT2D eigenvalue weighted by Gasteiger charge is 2.31. The molecule has 2 rings (SSSR count). The van der Waals surface area contributed by atoms with E-state index in [0.717, 1.165) is 30.7 Å². The molecule has 1 saturated heterocycles. The number of hydrogen-bond acceptors (Lipinski definition) is 3. The second-order valence-corrected chi connectivity index (χ2v) is 5.30. The monoisotopic (exact) mass is 263 g/mol. The maximum atomic E-state index is 11.3. The maximum absolute atomic E-state index is 11.3. The van der Waals surface area contributed by atoms with Gasteiger partial charge in [-0.2, -0.15) is 0 Å². The summed E-state index contributed by atoms with van der Waals surface area (Å²) in [5.41, 5.74) is 1.13. The topological polar surface area (TPSA) is 49.8 Å². The first-order valence-electron chi connectivity index (χ1n) is 6.70. The van der Waals surface area contributed by atoms with Crippen molar-refractivity contribution in [3.63, 3.8) is 0 Å². The number of rotatable bonds is 4. The first-order valence-corrected chi connectivity index (χ1v) is 6.70. The van der Waals surface area contributed by atoms with Gasteiger partial charge in [0.15, 0.2) is 0 Å². The summed E-state index contributed by atoms with van der Waals surface area (Å²) in [6.07, 6.45) is 1.81. The van der Waals surface area contributed by atoms with Gasteiger partial charge in [-0.1, -0.05) is 19.1 Å². The molecule has 0 bridgehead atoms. The fourth-order valence-electron chi connectivity index (χ4n) is 2.60. The third-order valence-electron chi connectivity index (χ3n) is 3.81. The molecule has 1 heterocycles. The van der Waals surface area contributed by atoms with E-state index in [1.807, 2.05) is 24.3 Å². The number of hydrogen-bond donors (Lipinski definition) is 1. The molecule has 0 amide bonds. The Bertz CT molecular complexity index is 430. The lowest BCUT2D eigenvalue weighted by Crippen LogP contribution is -2.46. The summed E-state index contributed by atoms with van der Waals surface area (Å²) in [5.74, 6) is 0.610. The number of ether oxygens (including phenoxy) is 1. The van der Waals surface area contributed by atoms with E-state index in [9.17, 15) is 9.90 Å². The molecule has 104 valence electrons. The molecular formula is C15H21NO3. The molecule has 0 radical (unpaired) electrons. The number of aliphatic carboxylic acids is 1. The fraction of sp³-hybridized carbons (Fsp3) is 0.533. The summed E-state index contributed by atoms with van der Waals surface area (Å²) in [5, 5.41) is 9.32. The van der Waals surface area contributed by atoms with Crippen molar-refractivity contribution in [2.24, 2.45) is 5.92 Å². The van der Waals surface area contributed by atoms with Crippen LogP contribution in [-0.2, 0) is 11.3 Å². The summed E-state index contributed by atoms with van der Waals surface area (Å²) >= 11 is 0. The molecule has 2 atom stereocenters. The molecule has 19 heavy (non-hydrogen) atoms. The molecule has 1 fully saturated rings. The zero-order valence-corrected chi connectivity index (χ0v) is 11.5. The van der Waals surface area contributed by atoms with Crippen LogP contribution in [0.3, 0.4) is 0 Å². The number of piperidine rings is 1. The summed E-state index contributed by atoms with van der Waals surface area (Å²) in [6.45, 7) is 3.67. The molecule has 0 aliphatic carbocycles. The van der Waals surface area contributed by atoms with E-state index in [0.29, 0.717) is 12.5 Å². The number of carboxylic acids is 1. The number of methoxy groups -OCH3 is 1. The Labute approximate surface area is 114 Å². The first-order chi connectivity index (χ1) is 9.10. The lowest BCUT2D eigenvalue weighted by atomic mass is 9.92. The quantitative estimate of drug-likeness (QED) is 0.906. The third kappa shape index (κ3) is 3.47. The Morgan fingerprint density at radius 2 is 2.11 bits per heavy atom. The van der Waals surface area contributed by atoms with Gasteiger partial charge in [-0.3, -0.25) is 9.69 Å². The molecule has 1 aliphatic rings. The van der Waals surface area contributed by atoms with Gasteiger partial charge < -0.3 is 9.84 Å². The summed E-state index contributed by atoms with van der Waals surface area (Å²) in [4.78, 5) is 13.4. The van der Waals surface area contributed by atoms with Crippen LogP contribution in [0.2, 0.25) is 0 Å². The average Bonchev–Trinajstić information content (AvgIpc) is 2.41. The normalized spacial score (nSPS) is 24.1. The van der Waals surface area contributed by atoms with Gasteiger partial charge in [0.2, 0.25) is 0 Å². The third-order valence-corrected chi connectivity index (χ3v) is 3.81. The van der Waals surface area contributed by atoms with Crippen LogP contribution in [0.25, 0.3) is 0 Å². The van der Waals surface area contributed by atoms with E-state index in [1.54, 1.807) is 7.11 Å². The van der Waals surface area contributed by atoms with Gasteiger partial charge in [0.05, 0.1) is 7.11 Å². The second kappa shape index (κ2) is 6.06. The van der Waals surface area contributed by atoms with Gasteiger partial charge in [0.1, 0.15) is 11.8 Å². The van der Waals surface area contributed by atoms with E-state index in [2.05, 4.69) is 11.8 Å². The highest BCUT2D eigenvalue weighted by Crippen LogP contribution is 2.24. The lowest BCUT2D eigenvalue weighted by molar-refractivity contribution is -0.145. The van der Waals surface area contributed by atoms with Gasteiger partial charge in [-0.05, 0) is 43.0 Å². The minimum absolute atomic E-state index is 0.356. The zero-order chi connectivity index (χ0) is 13.8. The van der Waals surface area contributed by atoms with Crippen molar-refractivity contribution < 1.29 is 14.6 Å². The zero-order valence-electron chi connectivity index (χ0n) is 11.5. The fourth-order valence-corrected chi connectivity index (χ4v) is 2.60. The second-order valence-electron chi connectivity index (χ2n) is 5.30. The maximum Gasteiger partial charge on any atom is 0.320 e. The minimum atomic E-state index is -0.708. The molecule has 2 unspecified atom stereocenters. The van der Waals surface area contributed by atoms with Gasteiger partial charge in [0.25, 0.3) is 0 Å². The van der Waals surface area contributed by atoms with Crippen LogP contribution in [0.4, 0.5) is 0 Å². The highest BCUT2D eigenvalue weighted by molar-refractivity contribution is 5.73. The van der Waals surface area contributed by atoms with Crippen molar-refractivity contribution in [1.82, 2.24) is 4.90 Å². The highest BCUT2D eigenvalue weighted by atomic mass is 16.5. The number of carbonyl (C=O) groups is 1. The Kier molecular flexibility index (Phi) is 4.43. The van der Waals surface area contributed by atoms with E-state index < -0.39 is 5.97 Å². The predicted molar refractivity (Wildman–Crippen MR) is 73.2 cm³/mol. The summed E-state index contributed by atoms with van der Waals surface area (Å²) in [7, 11) is 1.64. The standard InChI is InChI=1S/C15H21NO3/c1-11-7-8-16(14(9-11)15(17)18)10-12-3-5-13(19-2)6-4-12/h3-6,11,14H,7-10H2,1-2H3,(H,17,18). The number of likely N-dealkylation sites (tertiary alicyclic amines) is 1. The van der Waals surface area contributed by atoms with Gasteiger partial charge in [-0.25, -0.2) is 0 Å². The van der Waals surface area contributed by atoms with Gasteiger partial charge in [-0.15, -0.1) is 0 Å². The average molecular weight is 263 g/mol. The van der Waals surface area contributed by atoms with Crippen molar-refractivity contribution >= 4 is 5.97 Å². The Hall–Kier alpha value is -1.55. The summed E-state index contributed by atoms with van der Waals surface area (Å²) < 4.78 is 5.12. The van der Waals surface area contributed by atoms with E-state index >= 15 is 0 Å². The first kappa shape index (κ1) is 13.9. The van der Waals surface area contributed by atoms with E-state index in [-0.39, 0.29) is 6.04 Å². The molecule has 1 aliphatic heterocycles. The molecule has 4 nitrogen and oxygen atoms in total. The van der Waals surface area contributed by atoms with Crippen molar-refractivity contribution in [2.75, 3.05) is 13.7 Å². The largest absolute Gasteiger partial charge is 0.497 e. The Morgan fingerprint density at radius 3 is 2.68 bits per heavy atom. The molecule has 0 saturated carbocycles. The van der Waals surface area contributed by atoms with Gasteiger partial charge >= 0.3 is 5.97 Å². The number of nitrogens with zero attached hydrogens (tertiary/aromatic N) is 1. The number of benzene rings is 1. The molecular weight excluding hydrogens is 242 g/mol. The van der Waals surface area contributed by atoms with Crippen LogP contribution in [0, 0.1) is 5.92 Å². The van der Waals surface area contributed by atoms with Crippen molar-refractivity contribution in [3.8, 4) is 5.75 Å². The molecule has 1 aromatic rings. The van der Waals surface area contributed by atoms with Crippen LogP contribution < -0.4 is 4.74 Å². The van der Waals surface area contributed by atoms with E-state index in [1.165, 1.54) is 0 Å². The molecule has 4 heteroatoms. The Balaban J connectivity index is 2.05. The molecule has 0 aromatic heterocycles. The minimum Gasteiger partial charge on any atom is -0.497 e. The molecule has 0 spiro atoms. The SMILES string of the molecule is COc1ccc(CN2CCC(C)CC2C(=O)O)cc1. The van der Waals surface area contributed by atoms with Gasteiger partial charge in [0, 0.05) is 6.54 Å². The van der Waals surface area contributed by atoms with Crippen LogP contribution in [0.5, 0.6) is 5.75 Å². The molecule has 1 N–H and O–H groups in total. The van der Waals surface area contributed by atoms with Crippen molar-refractivity contribution in [3.05, 3.63) is 29.8 Å². The van der Waals surface area contributed by atoms with E-state index in [4.69, 9.17) is 4.74 Å². The van der Waals surface area contributed by atoms with Crippen LogP contribution >= 0.6 is 0 Å².